The van der Waals surface area contributed by atoms with Crippen LogP contribution >= 0.6 is 11.6 Å². The van der Waals surface area contributed by atoms with Crippen molar-refractivity contribution in [2.45, 2.75) is 6.04 Å². The van der Waals surface area contributed by atoms with E-state index in [0.29, 0.717) is 32.0 Å². The van der Waals surface area contributed by atoms with Crippen LogP contribution in [0.1, 0.15) is 0 Å². The number of carbonyl (C=O) groups is 1. The highest BCUT2D eigenvalue weighted by Crippen LogP contribution is 2.35. The molecule has 1 aliphatic heterocycles. The third-order valence-electron chi connectivity index (χ3n) is 5.42. The molecular weight excluding hydrogens is 431 g/mol. The van der Waals surface area contributed by atoms with Crippen molar-refractivity contribution in [1.82, 2.24) is 15.2 Å². The van der Waals surface area contributed by atoms with Crippen molar-refractivity contribution in [3.63, 3.8) is 0 Å². The maximum Gasteiger partial charge on any atom is 0.243 e. The van der Waals surface area contributed by atoms with Gasteiger partial charge in [-0.15, -0.1) is 0 Å². The molecule has 32 heavy (non-hydrogen) atoms. The highest BCUT2D eigenvalue weighted by atomic mass is 35.5. The van der Waals surface area contributed by atoms with Gasteiger partial charge in [0.2, 0.25) is 5.91 Å². The fourth-order valence-corrected chi connectivity index (χ4v) is 3.99. The van der Waals surface area contributed by atoms with Gasteiger partial charge in [0.15, 0.2) is 0 Å². The number of hydrogen-bond acceptors (Lipinski definition) is 5. The lowest BCUT2D eigenvalue weighted by Gasteiger charge is -2.31. The van der Waals surface area contributed by atoms with Crippen LogP contribution in [0.5, 0.6) is 5.75 Å². The molecule has 0 fully saturated rings. The van der Waals surface area contributed by atoms with E-state index in [4.69, 9.17) is 16.3 Å². The van der Waals surface area contributed by atoms with Gasteiger partial charge in [-0.05, 0) is 55.6 Å². The molecule has 6 nitrogen and oxygen atoms in total. The smallest absolute Gasteiger partial charge is 0.243 e. The van der Waals surface area contributed by atoms with E-state index < -0.39 is 5.82 Å². The summed E-state index contributed by atoms with van der Waals surface area (Å²) in [6, 6.07) is 12.1. The highest BCUT2D eigenvalue weighted by molar-refractivity contribution is 6.31. The summed E-state index contributed by atoms with van der Waals surface area (Å²) in [6.45, 7) is 5.73. The fraction of sp³-hybridized carbons (Fsp3) is 0.250. The molecular formula is C24H24ClFN4O2. The minimum absolute atomic E-state index is 0.0663. The Bertz CT molecular complexity index is 1160. The van der Waals surface area contributed by atoms with E-state index in [1.54, 1.807) is 18.3 Å². The van der Waals surface area contributed by atoms with Crippen LogP contribution in [0.15, 0.2) is 61.3 Å². The number of fused-ring (bicyclic) bond motifs is 1. The predicted molar refractivity (Wildman–Crippen MR) is 125 cm³/mol. The van der Waals surface area contributed by atoms with Crippen LogP contribution in [-0.4, -0.2) is 55.1 Å². The van der Waals surface area contributed by atoms with Crippen LogP contribution in [0.25, 0.3) is 10.9 Å². The molecule has 1 amide bonds. The zero-order valence-electron chi connectivity index (χ0n) is 17.7. The first-order valence-corrected chi connectivity index (χ1v) is 10.7. The number of carbonyl (C=O) groups excluding carboxylic acids is 1. The maximum atomic E-state index is 13.8. The summed E-state index contributed by atoms with van der Waals surface area (Å²) < 4.78 is 19.9. The van der Waals surface area contributed by atoms with Gasteiger partial charge in [0.25, 0.3) is 0 Å². The van der Waals surface area contributed by atoms with Crippen LogP contribution in [0.2, 0.25) is 5.02 Å². The number of aromatic nitrogens is 1. The number of amides is 1. The van der Waals surface area contributed by atoms with E-state index in [1.807, 2.05) is 31.3 Å². The number of nitrogens with one attached hydrogen (secondary N) is 1. The van der Waals surface area contributed by atoms with Crippen molar-refractivity contribution >= 4 is 39.8 Å². The Kier molecular flexibility index (Phi) is 6.58. The average molecular weight is 455 g/mol. The second kappa shape index (κ2) is 9.54. The molecule has 1 N–H and O–H groups in total. The summed E-state index contributed by atoms with van der Waals surface area (Å²) in [4.78, 5) is 20.6. The SMILES string of the molecule is C=CC(=O)NC1COc2ccc3nccc(c3c2)N(c2ccc(F)c(Cl)c2)CCN(C)C1. The minimum Gasteiger partial charge on any atom is -0.491 e. The standard InChI is InChI=1S/C24H24ClFN4O2/c1-3-24(31)28-16-14-29(2)10-11-30(17-4-6-21(26)20(25)12-17)23-8-9-27-22-7-5-18(32-15-16)13-19(22)23/h3-9,12-13,16H,1,10-11,14-15H2,2H3,(H,28,31). The monoisotopic (exact) mass is 454 g/mol. The molecule has 0 spiro atoms. The molecule has 1 unspecified atom stereocenters. The average Bonchev–Trinajstić information content (AvgIpc) is 2.79. The van der Waals surface area contributed by atoms with Crippen molar-refractivity contribution in [3.05, 3.63) is 72.2 Å². The second-order valence-electron chi connectivity index (χ2n) is 7.74. The minimum atomic E-state index is -0.460. The number of likely N-dealkylation sites (N-methyl/N-ethyl adjacent to an activating group) is 1. The maximum absolute atomic E-state index is 13.8. The number of pyridine rings is 1. The molecule has 2 aromatic carbocycles. The molecule has 0 aliphatic carbocycles. The third kappa shape index (κ3) is 4.84. The summed E-state index contributed by atoms with van der Waals surface area (Å²) in [7, 11) is 1.98. The molecule has 166 valence electrons. The Morgan fingerprint density at radius 3 is 2.91 bits per heavy atom. The number of anilines is 2. The van der Waals surface area contributed by atoms with Gasteiger partial charge in [-0.2, -0.15) is 0 Å². The number of rotatable bonds is 3. The molecule has 1 aliphatic rings. The number of hydrogen-bond donors (Lipinski definition) is 1. The van der Waals surface area contributed by atoms with Gasteiger partial charge in [-0.3, -0.25) is 9.78 Å². The van der Waals surface area contributed by atoms with Crippen molar-refractivity contribution < 1.29 is 13.9 Å². The van der Waals surface area contributed by atoms with Crippen molar-refractivity contribution in [2.75, 3.05) is 38.2 Å². The Morgan fingerprint density at radius 1 is 1.28 bits per heavy atom. The lowest BCUT2D eigenvalue weighted by molar-refractivity contribution is -0.117. The molecule has 2 bridgehead atoms. The number of benzene rings is 2. The highest BCUT2D eigenvalue weighted by Gasteiger charge is 2.20. The molecule has 0 radical (unpaired) electrons. The van der Waals surface area contributed by atoms with Gasteiger partial charge in [0.05, 0.1) is 22.3 Å². The predicted octanol–water partition coefficient (Wildman–Crippen LogP) is 4.16. The lowest BCUT2D eigenvalue weighted by Crippen LogP contribution is -2.47. The summed E-state index contributed by atoms with van der Waals surface area (Å²) in [6.07, 6.45) is 3.01. The van der Waals surface area contributed by atoms with Gasteiger partial charge in [0, 0.05) is 36.9 Å². The van der Waals surface area contributed by atoms with Gasteiger partial charge < -0.3 is 19.9 Å². The van der Waals surface area contributed by atoms with Gasteiger partial charge >= 0.3 is 0 Å². The molecule has 0 saturated heterocycles. The van der Waals surface area contributed by atoms with E-state index in [1.165, 1.54) is 12.1 Å². The van der Waals surface area contributed by atoms with Crippen LogP contribution in [0.4, 0.5) is 15.8 Å². The van der Waals surface area contributed by atoms with Crippen molar-refractivity contribution in [1.29, 1.82) is 0 Å². The topological polar surface area (TPSA) is 57.7 Å². The first-order valence-electron chi connectivity index (χ1n) is 10.3. The van der Waals surface area contributed by atoms with E-state index in [0.717, 1.165) is 22.3 Å². The molecule has 1 atom stereocenters. The molecule has 8 heteroatoms. The van der Waals surface area contributed by atoms with E-state index in [2.05, 4.69) is 26.7 Å². The van der Waals surface area contributed by atoms with Crippen LogP contribution in [-0.2, 0) is 4.79 Å². The van der Waals surface area contributed by atoms with Gasteiger partial charge in [0.1, 0.15) is 18.2 Å². The van der Waals surface area contributed by atoms with Crippen molar-refractivity contribution in [3.8, 4) is 5.75 Å². The number of halogens is 2. The number of ether oxygens (including phenoxy) is 1. The largest absolute Gasteiger partial charge is 0.491 e. The zero-order valence-corrected chi connectivity index (χ0v) is 18.5. The van der Waals surface area contributed by atoms with Crippen LogP contribution < -0.4 is 15.0 Å². The normalized spacial score (nSPS) is 17.3. The second-order valence-corrected chi connectivity index (χ2v) is 8.15. The molecule has 3 aromatic rings. The van der Waals surface area contributed by atoms with E-state index in [9.17, 15) is 9.18 Å². The Morgan fingerprint density at radius 2 is 2.12 bits per heavy atom. The quantitative estimate of drug-likeness (QED) is 0.602. The molecule has 4 rings (SSSR count). The van der Waals surface area contributed by atoms with E-state index >= 15 is 0 Å². The first kappa shape index (κ1) is 22.0. The fourth-order valence-electron chi connectivity index (χ4n) is 3.81. The molecule has 1 aromatic heterocycles. The van der Waals surface area contributed by atoms with Crippen LogP contribution in [0.3, 0.4) is 0 Å². The van der Waals surface area contributed by atoms with Gasteiger partial charge in [-0.1, -0.05) is 18.2 Å². The zero-order chi connectivity index (χ0) is 22.7. The Hall–Kier alpha value is -3.16. The van der Waals surface area contributed by atoms with Crippen molar-refractivity contribution in [2.24, 2.45) is 0 Å². The molecule has 0 saturated carbocycles. The summed E-state index contributed by atoms with van der Waals surface area (Å²) in [5.41, 5.74) is 2.51. The lowest BCUT2D eigenvalue weighted by atomic mass is 10.1. The summed E-state index contributed by atoms with van der Waals surface area (Å²) in [5, 5.41) is 3.90. The summed E-state index contributed by atoms with van der Waals surface area (Å²) >= 11 is 6.10. The third-order valence-corrected chi connectivity index (χ3v) is 5.71. The molecule has 2 heterocycles. The van der Waals surface area contributed by atoms with E-state index in [-0.39, 0.29) is 17.0 Å². The summed E-state index contributed by atoms with van der Waals surface area (Å²) in [5.74, 6) is -0.0328. The van der Waals surface area contributed by atoms with Crippen LogP contribution in [0, 0.1) is 5.82 Å². The number of nitrogens with zero attached hydrogens (tertiary/aromatic N) is 3. The first-order chi connectivity index (χ1) is 15.4. The Labute approximate surface area is 191 Å². The van der Waals surface area contributed by atoms with Gasteiger partial charge in [-0.25, -0.2) is 4.39 Å². The Balaban J connectivity index is 1.78.